The summed E-state index contributed by atoms with van der Waals surface area (Å²) in [6.45, 7) is 0. The van der Waals surface area contributed by atoms with Gasteiger partial charge in [0, 0.05) is 0 Å². The molecule has 0 atom stereocenters. The van der Waals surface area contributed by atoms with Crippen LogP contribution in [0.5, 0.6) is 17.8 Å². The number of nitrogens with zero attached hydrogens (tertiary/aromatic N) is 3. The molecule has 1 aromatic carbocycles. The van der Waals surface area contributed by atoms with Crippen LogP contribution in [-0.2, 0) is 6.18 Å². The summed E-state index contributed by atoms with van der Waals surface area (Å²) in [5.41, 5.74) is 4.42. The molecule has 0 fully saturated rings. The highest BCUT2D eigenvalue weighted by molar-refractivity contribution is 5.37. The van der Waals surface area contributed by atoms with Crippen LogP contribution >= 0.6 is 0 Å². The van der Waals surface area contributed by atoms with Crippen molar-refractivity contribution in [2.75, 3.05) is 12.8 Å². The maximum Gasteiger partial charge on any atom is 0.419 e. The van der Waals surface area contributed by atoms with Crippen molar-refractivity contribution >= 4 is 5.95 Å². The molecule has 0 saturated carbocycles. The van der Waals surface area contributed by atoms with Crippen LogP contribution in [0.4, 0.5) is 19.1 Å². The van der Waals surface area contributed by atoms with Crippen molar-refractivity contribution in [1.82, 2.24) is 15.0 Å². The average molecular weight is 286 g/mol. The number of para-hydroxylation sites is 1. The van der Waals surface area contributed by atoms with Gasteiger partial charge < -0.3 is 15.2 Å². The molecule has 0 bridgehead atoms. The summed E-state index contributed by atoms with van der Waals surface area (Å²) in [5.74, 6) is -0.663. The lowest BCUT2D eigenvalue weighted by atomic mass is 10.2. The van der Waals surface area contributed by atoms with E-state index in [1.807, 2.05) is 0 Å². The minimum Gasteiger partial charge on any atom is -0.467 e. The molecule has 2 N–H and O–H groups in total. The zero-order valence-corrected chi connectivity index (χ0v) is 10.2. The first-order valence-corrected chi connectivity index (χ1v) is 5.30. The van der Waals surface area contributed by atoms with Crippen LogP contribution in [0.1, 0.15) is 5.56 Å². The Morgan fingerprint density at radius 1 is 1.05 bits per heavy atom. The van der Waals surface area contributed by atoms with E-state index in [9.17, 15) is 13.2 Å². The second-order valence-corrected chi connectivity index (χ2v) is 3.56. The van der Waals surface area contributed by atoms with E-state index in [0.29, 0.717) is 0 Å². The summed E-state index contributed by atoms with van der Waals surface area (Å²) in [6.07, 6.45) is -4.56. The summed E-state index contributed by atoms with van der Waals surface area (Å²) in [7, 11) is 1.28. The molecule has 1 aromatic heterocycles. The Kier molecular flexibility index (Phi) is 3.59. The summed E-state index contributed by atoms with van der Waals surface area (Å²) in [6, 6.07) is 4.14. The number of nitrogens with two attached hydrogens (primary N) is 1. The molecule has 2 aromatic rings. The quantitative estimate of drug-likeness (QED) is 0.931. The van der Waals surface area contributed by atoms with Crippen LogP contribution < -0.4 is 15.2 Å². The number of halogens is 3. The van der Waals surface area contributed by atoms with Gasteiger partial charge in [-0.25, -0.2) is 0 Å². The molecule has 106 valence electrons. The second-order valence-electron chi connectivity index (χ2n) is 3.56. The maximum absolute atomic E-state index is 12.8. The highest BCUT2D eigenvalue weighted by Gasteiger charge is 2.34. The van der Waals surface area contributed by atoms with E-state index in [-0.39, 0.29) is 18.0 Å². The summed E-state index contributed by atoms with van der Waals surface area (Å²) in [5, 5.41) is 0. The lowest BCUT2D eigenvalue weighted by Gasteiger charge is -2.12. The van der Waals surface area contributed by atoms with Crippen LogP contribution in [0.3, 0.4) is 0 Å². The smallest absolute Gasteiger partial charge is 0.419 e. The van der Waals surface area contributed by atoms with E-state index in [1.54, 1.807) is 0 Å². The number of methoxy groups -OCH3 is 1. The van der Waals surface area contributed by atoms with Gasteiger partial charge in [0.2, 0.25) is 5.95 Å². The Labute approximate surface area is 111 Å². The van der Waals surface area contributed by atoms with Crippen molar-refractivity contribution in [2.45, 2.75) is 6.18 Å². The van der Waals surface area contributed by atoms with Gasteiger partial charge in [0.05, 0.1) is 12.7 Å². The molecule has 0 radical (unpaired) electrons. The van der Waals surface area contributed by atoms with E-state index in [1.165, 1.54) is 19.2 Å². The Bertz CT molecular complexity index is 619. The lowest BCUT2D eigenvalue weighted by Crippen LogP contribution is -2.08. The van der Waals surface area contributed by atoms with Crippen LogP contribution in [0.2, 0.25) is 0 Å². The molecule has 0 aliphatic heterocycles. The van der Waals surface area contributed by atoms with E-state index in [4.69, 9.17) is 15.2 Å². The Hall–Kier alpha value is -2.58. The molecule has 0 amide bonds. The molecule has 0 aliphatic rings. The van der Waals surface area contributed by atoms with Crippen molar-refractivity contribution in [3.8, 4) is 17.8 Å². The minimum absolute atomic E-state index is 0.156. The minimum atomic E-state index is -4.56. The average Bonchev–Trinajstić information content (AvgIpc) is 2.37. The fraction of sp³-hybridized carbons (Fsp3) is 0.182. The first kappa shape index (κ1) is 13.8. The van der Waals surface area contributed by atoms with Gasteiger partial charge in [0.1, 0.15) is 5.75 Å². The highest BCUT2D eigenvalue weighted by Crippen LogP contribution is 2.37. The molecule has 9 heteroatoms. The molecular weight excluding hydrogens is 277 g/mol. The van der Waals surface area contributed by atoms with Crippen molar-refractivity contribution < 1.29 is 22.6 Å². The zero-order chi connectivity index (χ0) is 14.8. The highest BCUT2D eigenvalue weighted by atomic mass is 19.4. The van der Waals surface area contributed by atoms with Crippen LogP contribution in [0.15, 0.2) is 24.3 Å². The molecule has 6 nitrogen and oxygen atoms in total. The molecule has 0 unspecified atom stereocenters. The van der Waals surface area contributed by atoms with Gasteiger partial charge in [-0.2, -0.15) is 23.1 Å². The van der Waals surface area contributed by atoms with Crippen LogP contribution in [0, 0.1) is 0 Å². The number of hydrogen-bond acceptors (Lipinski definition) is 6. The topological polar surface area (TPSA) is 83.2 Å². The summed E-state index contributed by atoms with van der Waals surface area (Å²) < 4.78 is 48.1. The molecule has 0 aliphatic carbocycles. The predicted octanol–water partition coefficient (Wildman–Crippen LogP) is 2.27. The van der Waals surface area contributed by atoms with E-state index < -0.39 is 17.5 Å². The van der Waals surface area contributed by atoms with Crippen LogP contribution in [-0.4, -0.2) is 22.1 Å². The summed E-state index contributed by atoms with van der Waals surface area (Å²) in [4.78, 5) is 10.8. The Balaban J connectivity index is 2.38. The molecule has 0 spiro atoms. The van der Waals surface area contributed by atoms with Gasteiger partial charge in [0.15, 0.2) is 0 Å². The zero-order valence-electron chi connectivity index (χ0n) is 10.2. The first-order valence-electron chi connectivity index (χ1n) is 5.30. The number of benzene rings is 1. The number of hydrogen-bond donors (Lipinski definition) is 1. The fourth-order valence-corrected chi connectivity index (χ4v) is 1.38. The number of aromatic nitrogens is 3. The predicted molar refractivity (Wildman–Crippen MR) is 62.3 cm³/mol. The normalized spacial score (nSPS) is 11.2. The first-order chi connectivity index (χ1) is 9.40. The third-order valence-electron chi connectivity index (χ3n) is 2.19. The lowest BCUT2D eigenvalue weighted by molar-refractivity contribution is -0.138. The SMILES string of the molecule is COc1nc(N)nc(Oc2ccccc2C(F)(F)F)n1. The maximum atomic E-state index is 12.8. The van der Waals surface area contributed by atoms with Crippen molar-refractivity contribution in [1.29, 1.82) is 0 Å². The third kappa shape index (κ3) is 3.05. The van der Waals surface area contributed by atoms with Gasteiger partial charge >= 0.3 is 18.2 Å². The van der Waals surface area contributed by atoms with Gasteiger partial charge in [-0.15, -0.1) is 4.98 Å². The van der Waals surface area contributed by atoms with Crippen molar-refractivity contribution in [3.05, 3.63) is 29.8 Å². The largest absolute Gasteiger partial charge is 0.467 e. The van der Waals surface area contributed by atoms with Crippen molar-refractivity contribution in [2.24, 2.45) is 0 Å². The number of alkyl halides is 3. The van der Waals surface area contributed by atoms with Crippen molar-refractivity contribution in [3.63, 3.8) is 0 Å². The Morgan fingerprint density at radius 2 is 1.70 bits per heavy atom. The van der Waals surface area contributed by atoms with Crippen LogP contribution in [0.25, 0.3) is 0 Å². The monoisotopic (exact) mass is 286 g/mol. The van der Waals surface area contributed by atoms with Gasteiger partial charge in [-0.3, -0.25) is 0 Å². The molecule has 20 heavy (non-hydrogen) atoms. The number of nitrogen functional groups attached to an aromatic ring is 1. The fourth-order valence-electron chi connectivity index (χ4n) is 1.38. The number of rotatable bonds is 3. The molecular formula is C11H9F3N4O2. The van der Waals surface area contributed by atoms with Gasteiger partial charge in [0.25, 0.3) is 0 Å². The van der Waals surface area contributed by atoms with E-state index in [0.717, 1.165) is 12.1 Å². The number of ether oxygens (including phenoxy) is 2. The van der Waals surface area contributed by atoms with E-state index >= 15 is 0 Å². The molecule has 1 heterocycles. The molecule has 0 saturated heterocycles. The third-order valence-corrected chi connectivity index (χ3v) is 2.19. The number of anilines is 1. The molecule has 2 rings (SSSR count). The standard InChI is InChI=1S/C11H9F3N4O2/c1-19-9-16-8(15)17-10(18-9)20-7-5-3-2-4-6(7)11(12,13)14/h2-5H,1H3,(H2,15,16,17,18). The Morgan fingerprint density at radius 3 is 2.35 bits per heavy atom. The summed E-state index contributed by atoms with van der Waals surface area (Å²) >= 11 is 0. The van der Waals surface area contributed by atoms with E-state index in [2.05, 4.69) is 15.0 Å². The second kappa shape index (κ2) is 5.19. The van der Waals surface area contributed by atoms with Gasteiger partial charge in [-0.1, -0.05) is 12.1 Å². The van der Waals surface area contributed by atoms with Gasteiger partial charge in [-0.05, 0) is 12.1 Å².